The zero-order valence-corrected chi connectivity index (χ0v) is 19.6. The third-order valence-corrected chi connectivity index (χ3v) is 9.21. The number of hydrogen-bond donors (Lipinski definition) is 0. The number of fused-ring (bicyclic) bond motifs is 6. The molecule has 7 heteroatoms. The molecular weight excluding hydrogens is 420 g/mol. The summed E-state index contributed by atoms with van der Waals surface area (Å²) in [5.74, 6) is 2.80. The number of aryl methyl sites for hydroxylation is 1. The number of benzene rings is 1. The van der Waals surface area contributed by atoms with Gasteiger partial charge in [-0.2, -0.15) is 0 Å². The third kappa shape index (κ3) is 2.73. The highest BCUT2D eigenvalue weighted by Gasteiger charge is 2.58. The van der Waals surface area contributed by atoms with Gasteiger partial charge >= 0.3 is 0 Å². The van der Waals surface area contributed by atoms with E-state index >= 15 is 0 Å². The molecule has 6 rings (SSSR count). The molecule has 0 radical (unpaired) electrons. The first-order valence-electron chi connectivity index (χ1n) is 11.5. The highest BCUT2D eigenvalue weighted by atomic mass is 32.2. The molecule has 0 unspecified atom stereocenters. The van der Waals surface area contributed by atoms with E-state index < -0.39 is 0 Å². The predicted octanol–water partition coefficient (Wildman–Crippen LogP) is 4.83. The van der Waals surface area contributed by atoms with Crippen molar-refractivity contribution in [2.75, 3.05) is 13.4 Å². The van der Waals surface area contributed by atoms with Crippen LogP contribution in [0, 0.1) is 17.3 Å². The zero-order chi connectivity index (χ0) is 22.0. The van der Waals surface area contributed by atoms with Crippen LogP contribution in [-0.4, -0.2) is 38.7 Å². The van der Waals surface area contributed by atoms with Crippen LogP contribution in [0.25, 0.3) is 11.2 Å². The SMILES string of the molecule is COc1ccc2c(c1)CC[C@@H]1[C@@H]2CC[C@]2(C)C(=O)[C@@H](n3cnc4c(SC)ncnc43)C[C@@H]12. The normalized spacial score (nSPS) is 31.3. The van der Waals surface area contributed by atoms with Crippen molar-refractivity contribution in [3.05, 3.63) is 42.0 Å². The third-order valence-electron chi connectivity index (χ3n) is 8.52. The minimum Gasteiger partial charge on any atom is -0.497 e. The molecule has 2 fully saturated rings. The zero-order valence-electron chi connectivity index (χ0n) is 18.7. The molecule has 0 bridgehead atoms. The molecular formula is C25H28N4O2S. The maximum absolute atomic E-state index is 13.8. The lowest BCUT2D eigenvalue weighted by Crippen LogP contribution is -2.42. The van der Waals surface area contributed by atoms with Gasteiger partial charge < -0.3 is 9.30 Å². The van der Waals surface area contributed by atoms with Gasteiger partial charge in [-0.25, -0.2) is 15.0 Å². The Hall–Kier alpha value is -2.41. The Balaban J connectivity index is 1.36. The van der Waals surface area contributed by atoms with Crippen molar-refractivity contribution in [2.45, 2.75) is 56.0 Å². The summed E-state index contributed by atoms with van der Waals surface area (Å²) in [6.07, 6.45) is 10.5. The second kappa shape index (κ2) is 7.30. The van der Waals surface area contributed by atoms with Gasteiger partial charge in [0.2, 0.25) is 0 Å². The van der Waals surface area contributed by atoms with E-state index in [1.165, 1.54) is 11.1 Å². The van der Waals surface area contributed by atoms with E-state index in [0.29, 0.717) is 23.5 Å². The van der Waals surface area contributed by atoms with Gasteiger partial charge in [0, 0.05) is 5.41 Å². The van der Waals surface area contributed by atoms with Gasteiger partial charge in [-0.15, -0.1) is 11.8 Å². The number of aromatic nitrogens is 4. The van der Waals surface area contributed by atoms with Crippen LogP contribution in [-0.2, 0) is 11.2 Å². The van der Waals surface area contributed by atoms with E-state index in [1.807, 2.05) is 17.2 Å². The van der Waals surface area contributed by atoms with Crippen molar-refractivity contribution in [3.63, 3.8) is 0 Å². The summed E-state index contributed by atoms with van der Waals surface area (Å²) in [5.41, 5.74) is 4.22. The Bertz CT molecular complexity index is 1220. The summed E-state index contributed by atoms with van der Waals surface area (Å²) in [4.78, 5) is 27.3. The maximum atomic E-state index is 13.8. The molecule has 0 saturated heterocycles. The molecule has 3 aliphatic carbocycles. The van der Waals surface area contributed by atoms with Gasteiger partial charge in [-0.3, -0.25) is 4.79 Å². The fourth-order valence-corrected chi connectivity index (χ4v) is 7.41. The lowest BCUT2D eigenvalue weighted by molar-refractivity contribution is -0.131. The molecule has 0 amide bonds. The number of carbonyl (C=O) groups is 1. The standard InChI is InChI=1S/C25H28N4O2S/c1-25-9-8-17-16-7-5-15(31-2)10-14(16)4-6-18(17)19(25)11-20(22(25)30)29-13-28-21-23(29)26-12-27-24(21)32-3/h5,7,10,12-13,17-20H,4,6,8-9,11H2,1-3H3/t17-,18-,19+,20+,25+/m1/s1. The van der Waals surface area contributed by atoms with Gasteiger partial charge in [-0.05, 0) is 79.4 Å². The number of ether oxygens (including phenoxy) is 1. The topological polar surface area (TPSA) is 69.9 Å². The molecule has 166 valence electrons. The number of hydrogen-bond acceptors (Lipinski definition) is 6. The Kier molecular flexibility index (Phi) is 4.61. The van der Waals surface area contributed by atoms with E-state index in [9.17, 15) is 4.79 Å². The van der Waals surface area contributed by atoms with Gasteiger partial charge in [0.25, 0.3) is 0 Å². The Morgan fingerprint density at radius 2 is 2.09 bits per heavy atom. The second-order valence-electron chi connectivity index (χ2n) is 9.76. The summed E-state index contributed by atoms with van der Waals surface area (Å²) >= 11 is 1.56. The van der Waals surface area contributed by atoms with Gasteiger partial charge in [0.05, 0.1) is 19.5 Å². The van der Waals surface area contributed by atoms with Crippen LogP contribution in [0.15, 0.2) is 35.9 Å². The van der Waals surface area contributed by atoms with E-state index in [2.05, 4.69) is 40.1 Å². The minimum atomic E-state index is -0.262. The van der Waals surface area contributed by atoms with Crippen LogP contribution in [0.4, 0.5) is 0 Å². The molecule has 0 N–H and O–H groups in total. The molecule has 2 aromatic heterocycles. The van der Waals surface area contributed by atoms with Crippen molar-refractivity contribution >= 4 is 28.7 Å². The first kappa shape index (κ1) is 20.2. The number of imidazole rings is 1. The maximum Gasteiger partial charge on any atom is 0.165 e. The lowest BCUT2D eigenvalue weighted by Gasteiger charge is -2.48. The quantitative estimate of drug-likeness (QED) is 0.422. The minimum absolute atomic E-state index is 0.185. The number of Topliss-reactive ketones (excluding diaryl/α,β-unsaturated/α-hetero) is 1. The molecule has 32 heavy (non-hydrogen) atoms. The summed E-state index contributed by atoms with van der Waals surface area (Å²) in [6.45, 7) is 2.22. The average Bonchev–Trinajstić information content (AvgIpc) is 3.37. The average molecular weight is 449 g/mol. The molecule has 3 aromatic rings. The van der Waals surface area contributed by atoms with Gasteiger partial charge in [0.1, 0.15) is 22.6 Å². The number of nitrogens with zero attached hydrogens (tertiary/aromatic N) is 4. The van der Waals surface area contributed by atoms with Crippen LogP contribution >= 0.6 is 11.8 Å². The van der Waals surface area contributed by atoms with E-state index in [1.54, 1.807) is 25.2 Å². The molecule has 5 atom stereocenters. The lowest BCUT2D eigenvalue weighted by atomic mass is 9.55. The molecule has 0 aliphatic heterocycles. The Labute approximate surface area is 192 Å². The smallest absolute Gasteiger partial charge is 0.165 e. The number of carbonyl (C=O) groups excluding carboxylic acids is 1. The summed E-state index contributed by atoms with van der Waals surface area (Å²) in [7, 11) is 1.73. The number of rotatable bonds is 3. The fourth-order valence-electron chi connectivity index (χ4n) is 6.92. The Morgan fingerprint density at radius 1 is 1.22 bits per heavy atom. The molecule has 2 heterocycles. The first-order chi connectivity index (χ1) is 15.5. The monoisotopic (exact) mass is 448 g/mol. The number of thioether (sulfide) groups is 1. The van der Waals surface area contributed by atoms with Crippen molar-refractivity contribution in [1.82, 2.24) is 19.5 Å². The van der Waals surface area contributed by atoms with Crippen molar-refractivity contribution in [3.8, 4) is 5.75 Å². The summed E-state index contributed by atoms with van der Waals surface area (Å²) in [6, 6.07) is 6.39. The van der Waals surface area contributed by atoms with Crippen LogP contribution in [0.5, 0.6) is 5.75 Å². The van der Waals surface area contributed by atoms with E-state index in [4.69, 9.17) is 4.74 Å². The molecule has 0 spiro atoms. The molecule has 1 aromatic carbocycles. The van der Waals surface area contributed by atoms with E-state index in [0.717, 1.165) is 54.0 Å². The fraction of sp³-hybridized carbons (Fsp3) is 0.520. The molecule has 2 saturated carbocycles. The highest BCUT2D eigenvalue weighted by molar-refractivity contribution is 7.98. The van der Waals surface area contributed by atoms with Crippen molar-refractivity contribution in [2.24, 2.45) is 17.3 Å². The first-order valence-corrected chi connectivity index (χ1v) is 12.7. The van der Waals surface area contributed by atoms with Crippen LogP contribution in [0.1, 0.15) is 55.7 Å². The Morgan fingerprint density at radius 3 is 2.91 bits per heavy atom. The van der Waals surface area contributed by atoms with Crippen LogP contribution < -0.4 is 4.74 Å². The second-order valence-corrected chi connectivity index (χ2v) is 10.6. The van der Waals surface area contributed by atoms with Crippen LogP contribution in [0.3, 0.4) is 0 Å². The van der Waals surface area contributed by atoms with Crippen molar-refractivity contribution in [1.29, 1.82) is 0 Å². The van der Waals surface area contributed by atoms with Gasteiger partial charge in [0.15, 0.2) is 11.4 Å². The predicted molar refractivity (Wildman–Crippen MR) is 124 cm³/mol. The van der Waals surface area contributed by atoms with Gasteiger partial charge in [-0.1, -0.05) is 13.0 Å². The largest absolute Gasteiger partial charge is 0.497 e. The van der Waals surface area contributed by atoms with E-state index in [-0.39, 0.29) is 11.5 Å². The van der Waals surface area contributed by atoms with Crippen LogP contribution in [0.2, 0.25) is 0 Å². The molecule has 3 aliphatic rings. The number of ketones is 1. The highest BCUT2D eigenvalue weighted by Crippen LogP contribution is 2.61. The molecule has 6 nitrogen and oxygen atoms in total. The summed E-state index contributed by atoms with van der Waals surface area (Å²) < 4.78 is 7.48. The van der Waals surface area contributed by atoms with Crippen molar-refractivity contribution < 1.29 is 9.53 Å². The summed E-state index contributed by atoms with van der Waals surface area (Å²) in [5, 5.41) is 0.863. The number of methoxy groups -OCH3 is 1.